The van der Waals surface area contributed by atoms with Gasteiger partial charge in [-0.05, 0) is 12.1 Å². The van der Waals surface area contributed by atoms with Crippen LogP contribution in [-0.2, 0) is 6.54 Å². The second-order valence-electron chi connectivity index (χ2n) is 3.57. The van der Waals surface area contributed by atoms with E-state index >= 15 is 0 Å². The quantitative estimate of drug-likeness (QED) is 0.882. The van der Waals surface area contributed by atoms with E-state index in [0.717, 1.165) is 10.0 Å². The summed E-state index contributed by atoms with van der Waals surface area (Å²) in [6, 6.07) is 7.34. The zero-order chi connectivity index (χ0) is 13.1. The summed E-state index contributed by atoms with van der Waals surface area (Å²) in [4.78, 5) is 11.1. The second kappa shape index (κ2) is 5.14. The molecule has 18 heavy (non-hydrogen) atoms. The molecule has 0 fully saturated rings. The lowest BCUT2D eigenvalue weighted by Gasteiger charge is -2.05. The van der Waals surface area contributed by atoms with Crippen molar-refractivity contribution in [2.24, 2.45) is 0 Å². The molecule has 0 radical (unpaired) electrons. The highest BCUT2D eigenvalue weighted by atomic mass is 79.9. The lowest BCUT2D eigenvalue weighted by molar-refractivity contribution is 0.0691. The van der Waals surface area contributed by atoms with E-state index in [4.69, 9.17) is 5.11 Å². The minimum atomic E-state index is -1.10. The lowest BCUT2D eigenvalue weighted by atomic mass is 10.1. The van der Waals surface area contributed by atoms with Crippen LogP contribution < -0.4 is 0 Å². The Morgan fingerprint density at radius 3 is 2.94 bits per heavy atom. The average molecular weight is 308 g/mol. The second-order valence-corrected chi connectivity index (χ2v) is 4.49. The van der Waals surface area contributed by atoms with Gasteiger partial charge in [0.2, 0.25) is 0 Å². The topological polar surface area (TPSA) is 68.0 Å². The van der Waals surface area contributed by atoms with Crippen molar-refractivity contribution in [2.75, 3.05) is 0 Å². The maximum Gasteiger partial charge on any atom is 0.358 e. The van der Waals surface area contributed by atoms with Crippen molar-refractivity contribution in [2.45, 2.75) is 6.54 Å². The first-order chi connectivity index (χ1) is 8.63. The zero-order valence-corrected chi connectivity index (χ0v) is 11.0. The number of hydrogen-bond donors (Lipinski definition) is 1. The molecule has 0 unspecified atom stereocenters. The van der Waals surface area contributed by atoms with E-state index in [1.165, 1.54) is 4.68 Å². The molecule has 1 heterocycles. The van der Waals surface area contributed by atoms with Crippen LogP contribution in [0.25, 0.3) is 11.3 Å². The van der Waals surface area contributed by atoms with E-state index in [1.807, 2.05) is 24.3 Å². The van der Waals surface area contributed by atoms with Crippen molar-refractivity contribution in [1.82, 2.24) is 15.0 Å². The fourth-order valence-electron chi connectivity index (χ4n) is 1.63. The molecule has 0 spiro atoms. The van der Waals surface area contributed by atoms with Crippen molar-refractivity contribution in [1.29, 1.82) is 0 Å². The number of carboxylic acids is 1. The molecule has 2 rings (SSSR count). The maximum atomic E-state index is 11.1. The summed E-state index contributed by atoms with van der Waals surface area (Å²) in [5.74, 6) is -1.10. The van der Waals surface area contributed by atoms with Crippen molar-refractivity contribution >= 4 is 21.9 Å². The number of carboxylic acid groups (broad SMARTS) is 1. The predicted octanol–water partition coefficient (Wildman–Crippen LogP) is 2.59. The first-order valence-corrected chi connectivity index (χ1v) is 5.96. The van der Waals surface area contributed by atoms with Gasteiger partial charge >= 0.3 is 5.97 Å². The summed E-state index contributed by atoms with van der Waals surface area (Å²) in [5, 5.41) is 16.6. The van der Waals surface area contributed by atoms with Crippen LogP contribution in [0.15, 0.2) is 41.4 Å². The minimum Gasteiger partial charge on any atom is -0.476 e. The van der Waals surface area contributed by atoms with Crippen LogP contribution in [0.3, 0.4) is 0 Å². The number of halogens is 1. The molecular weight excluding hydrogens is 298 g/mol. The van der Waals surface area contributed by atoms with Gasteiger partial charge in [-0.2, -0.15) is 0 Å². The number of hydrogen-bond acceptors (Lipinski definition) is 3. The highest BCUT2D eigenvalue weighted by Crippen LogP contribution is 2.25. The van der Waals surface area contributed by atoms with Crippen LogP contribution in [0.4, 0.5) is 0 Å². The van der Waals surface area contributed by atoms with Gasteiger partial charge in [-0.15, -0.1) is 11.7 Å². The summed E-state index contributed by atoms with van der Waals surface area (Å²) in [6.45, 7) is 4.02. The van der Waals surface area contributed by atoms with Gasteiger partial charge in [-0.25, -0.2) is 9.48 Å². The Labute approximate surface area is 112 Å². The van der Waals surface area contributed by atoms with E-state index < -0.39 is 5.97 Å². The van der Waals surface area contributed by atoms with E-state index in [0.29, 0.717) is 12.2 Å². The molecule has 1 aromatic heterocycles. The van der Waals surface area contributed by atoms with Crippen molar-refractivity contribution in [3.63, 3.8) is 0 Å². The molecule has 5 nitrogen and oxygen atoms in total. The van der Waals surface area contributed by atoms with Crippen LogP contribution in [0, 0.1) is 0 Å². The Kier molecular flexibility index (Phi) is 3.57. The van der Waals surface area contributed by atoms with Gasteiger partial charge in [-0.1, -0.05) is 39.4 Å². The highest BCUT2D eigenvalue weighted by Gasteiger charge is 2.19. The molecule has 0 bridgehead atoms. The van der Waals surface area contributed by atoms with Crippen molar-refractivity contribution < 1.29 is 9.90 Å². The fourth-order valence-corrected chi connectivity index (χ4v) is 2.03. The molecule has 1 aromatic carbocycles. The number of nitrogens with zero attached hydrogens (tertiary/aromatic N) is 3. The number of aromatic carboxylic acids is 1. The molecule has 6 heteroatoms. The SMILES string of the molecule is C=CCn1nnc(C(=O)O)c1-c1cccc(Br)c1. The molecule has 0 saturated heterocycles. The van der Waals surface area contributed by atoms with Crippen LogP contribution >= 0.6 is 15.9 Å². The monoisotopic (exact) mass is 307 g/mol. The minimum absolute atomic E-state index is 0.0602. The average Bonchev–Trinajstić information content (AvgIpc) is 2.73. The van der Waals surface area contributed by atoms with Gasteiger partial charge in [0.1, 0.15) is 5.69 Å². The summed E-state index contributed by atoms with van der Waals surface area (Å²) >= 11 is 3.36. The largest absolute Gasteiger partial charge is 0.476 e. The maximum absolute atomic E-state index is 11.1. The first kappa shape index (κ1) is 12.5. The normalized spacial score (nSPS) is 10.3. The highest BCUT2D eigenvalue weighted by molar-refractivity contribution is 9.10. The number of aromatic nitrogens is 3. The van der Waals surface area contributed by atoms with E-state index in [1.54, 1.807) is 6.08 Å². The molecule has 2 aromatic rings. The zero-order valence-electron chi connectivity index (χ0n) is 9.38. The third-order valence-electron chi connectivity index (χ3n) is 2.34. The molecule has 92 valence electrons. The molecule has 0 aliphatic carbocycles. The Bertz CT molecular complexity index is 607. The van der Waals surface area contributed by atoms with Crippen LogP contribution in [0.5, 0.6) is 0 Å². The standard InChI is InChI=1S/C12H10BrN3O2/c1-2-6-16-11(10(12(17)18)14-15-16)8-4-3-5-9(13)7-8/h2-5,7H,1,6H2,(H,17,18). The van der Waals surface area contributed by atoms with Gasteiger partial charge in [0.05, 0.1) is 6.54 Å². The van der Waals surface area contributed by atoms with Crippen LogP contribution in [0.2, 0.25) is 0 Å². The molecule has 0 aliphatic heterocycles. The fraction of sp³-hybridized carbons (Fsp3) is 0.0833. The van der Waals surface area contributed by atoms with Crippen LogP contribution in [0.1, 0.15) is 10.5 Å². The Balaban J connectivity index is 2.62. The van der Waals surface area contributed by atoms with E-state index in [2.05, 4.69) is 32.8 Å². The van der Waals surface area contributed by atoms with Gasteiger partial charge in [0.15, 0.2) is 5.69 Å². The number of benzene rings is 1. The smallest absolute Gasteiger partial charge is 0.358 e. The number of carbonyl (C=O) groups is 1. The summed E-state index contributed by atoms with van der Waals surface area (Å²) in [6.07, 6.45) is 1.64. The Morgan fingerprint density at radius 2 is 2.33 bits per heavy atom. The number of rotatable bonds is 4. The molecular formula is C12H10BrN3O2. The Morgan fingerprint density at radius 1 is 1.56 bits per heavy atom. The van der Waals surface area contributed by atoms with Gasteiger partial charge in [0, 0.05) is 10.0 Å². The molecule has 1 N–H and O–H groups in total. The third-order valence-corrected chi connectivity index (χ3v) is 2.83. The van der Waals surface area contributed by atoms with E-state index in [-0.39, 0.29) is 5.69 Å². The van der Waals surface area contributed by atoms with Gasteiger partial charge < -0.3 is 5.11 Å². The third kappa shape index (κ3) is 2.33. The van der Waals surface area contributed by atoms with E-state index in [9.17, 15) is 4.79 Å². The molecule has 0 atom stereocenters. The van der Waals surface area contributed by atoms with Crippen LogP contribution in [-0.4, -0.2) is 26.1 Å². The first-order valence-electron chi connectivity index (χ1n) is 5.17. The Hall–Kier alpha value is -1.95. The van der Waals surface area contributed by atoms with Crippen molar-refractivity contribution in [3.05, 3.63) is 47.1 Å². The summed E-state index contributed by atoms with van der Waals surface area (Å²) in [7, 11) is 0. The lowest BCUT2D eigenvalue weighted by Crippen LogP contribution is -2.03. The van der Waals surface area contributed by atoms with Crippen molar-refractivity contribution in [3.8, 4) is 11.3 Å². The summed E-state index contributed by atoms with van der Waals surface area (Å²) < 4.78 is 2.38. The van der Waals surface area contributed by atoms with Gasteiger partial charge in [0.25, 0.3) is 0 Å². The number of allylic oxidation sites excluding steroid dienone is 1. The summed E-state index contributed by atoms with van der Waals surface area (Å²) in [5.41, 5.74) is 1.16. The van der Waals surface area contributed by atoms with Gasteiger partial charge in [-0.3, -0.25) is 0 Å². The molecule has 0 amide bonds. The molecule has 0 saturated carbocycles. The molecule has 0 aliphatic rings. The predicted molar refractivity (Wildman–Crippen MR) is 70.3 cm³/mol.